The molecule has 2 aromatic heterocycles. The molecule has 200 valence electrons. The van der Waals surface area contributed by atoms with Gasteiger partial charge in [-0.3, -0.25) is 9.78 Å². The van der Waals surface area contributed by atoms with Crippen LogP contribution < -0.4 is 15.5 Å². The van der Waals surface area contributed by atoms with Crippen molar-refractivity contribution in [2.45, 2.75) is 64.1 Å². The Morgan fingerprint density at radius 2 is 1.97 bits per heavy atom. The molecule has 1 aliphatic heterocycles. The zero-order valence-electron chi connectivity index (χ0n) is 22.0. The van der Waals surface area contributed by atoms with Crippen LogP contribution in [0.3, 0.4) is 0 Å². The van der Waals surface area contributed by atoms with Crippen LogP contribution in [-0.4, -0.2) is 34.3 Å². The molecule has 2 N–H and O–H groups in total. The number of methoxy groups -OCH3 is 1. The van der Waals surface area contributed by atoms with E-state index in [4.69, 9.17) is 28.6 Å². The second-order valence-corrected chi connectivity index (χ2v) is 10.9. The van der Waals surface area contributed by atoms with Gasteiger partial charge in [-0.25, -0.2) is 0 Å². The highest BCUT2D eigenvalue weighted by molar-refractivity contribution is 7.80. The van der Waals surface area contributed by atoms with Crippen molar-refractivity contribution in [3.8, 4) is 0 Å². The SMILES string of the molecule is COCC(=O)Nc1ccc(N2C(=S)N[C@@H](c3ccccn3)[C@@H]2c2cc(C)n(C3CCCCC3)c2C)cc1Cl. The van der Waals surface area contributed by atoms with Crippen LogP contribution in [0, 0.1) is 13.8 Å². The number of thiocarbonyl (C=S) groups is 1. The van der Waals surface area contributed by atoms with Gasteiger partial charge in [-0.1, -0.05) is 36.9 Å². The summed E-state index contributed by atoms with van der Waals surface area (Å²) < 4.78 is 7.45. The molecule has 3 heterocycles. The lowest BCUT2D eigenvalue weighted by molar-refractivity contribution is -0.119. The van der Waals surface area contributed by atoms with Gasteiger partial charge in [0, 0.05) is 36.4 Å². The molecule has 1 aromatic carbocycles. The number of rotatable bonds is 7. The van der Waals surface area contributed by atoms with Crippen molar-refractivity contribution >= 4 is 46.2 Å². The first-order valence-corrected chi connectivity index (χ1v) is 13.9. The van der Waals surface area contributed by atoms with Crippen LogP contribution in [0.15, 0.2) is 48.7 Å². The van der Waals surface area contributed by atoms with Gasteiger partial charge in [0.1, 0.15) is 6.61 Å². The van der Waals surface area contributed by atoms with Gasteiger partial charge in [-0.15, -0.1) is 0 Å². The summed E-state index contributed by atoms with van der Waals surface area (Å²) in [5, 5.41) is 7.38. The van der Waals surface area contributed by atoms with Crippen molar-refractivity contribution in [3.63, 3.8) is 0 Å². The van der Waals surface area contributed by atoms with E-state index in [0.717, 1.165) is 11.4 Å². The molecule has 1 aliphatic carbocycles. The summed E-state index contributed by atoms with van der Waals surface area (Å²) in [5.74, 6) is -0.260. The monoisotopic (exact) mass is 551 g/mol. The lowest BCUT2D eigenvalue weighted by Crippen LogP contribution is -2.29. The lowest BCUT2D eigenvalue weighted by Gasteiger charge is -2.30. The summed E-state index contributed by atoms with van der Waals surface area (Å²) in [6.45, 7) is 4.40. The molecule has 1 saturated carbocycles. The number of benzene rings is 1. The molecule has 2 fully saturated rings. The van der Waals surface area contributed by atoms with E-state index in [-0.39, 0.29) is 24.6 Å². The van der Waals surface area contributed by atoms with Crippen molar-refractivity contribution in [2.75, 3.05) is 23.9 Å². The third-order valence-electron chi connectivity index (χ3n) is 7.66. The maximum atomic E-state index is 12.1. The van der Waals surface area contributed by atoms with Crippen molar-refractivity contribution in [3.05, 3.63) is 76.3 Å². The van der Waals surface area contributed by atoms with Gasteiger partial charge in [-0.2, -0.15) is 0 Å². The molecule has 0 radical (unpaired) electrons. The Kier molecular flexibility index (Phi) is 8.02. The van der Waals surface area contributed by atoms with Crippen LogP contribution in [0.5, 0.6) is 0 Å². The third-order valence-corrected chi connectivity index (χ3v) is 8.29. The Hall–Kier alpha value is -2.94. The average Bonchev–Trinajstić information content (AvgIpc) is 3.41. The number of halogens is 1. The van der Waals surface area contributed by atoms with Crippen molar-refractivity contribution in [1.82, 2.24) is 14.9 Å². The van der Waals surface area contributed by atoms with E-state index >= 15 is 0 Å². The molecule has 0 spiro atoms. The molecule has 38 heavy (non-hydrogen) atoms. The van der Waals surface area contributed by atoms with Crippen LogP contribution in [-0.2, 0) is 9.53 Å². The topological polar surface area (TPSA) is 71.4 Å². The van der Waals surface area contributed by atoms with Crippen molar-refractivity contribution in [1.29, 1.82) is 0 Å². The van der Waals surface area contributed by atoms with E-state index in [9.17, 15) is 4.79 Å². The first-order valence-electron chi connectivity index (χ1n) is 13.2. The molecular weight excluding hydrogens is 518 g/mol. The number of nitrogens with one attached hydrogen (secondary N) is 2. The van der Waals surface area contributed by atoms with Gasteiger partial charge in [0.15, 0.2) is 5.11 Å². The highest BCUT2D eigenvalue weighted by Gasteiger charge is 2.42. The quantitative estimate of drug-likeness (QED) is 0.330. The predicted molar refractivity (Wildman–Crippen MR) is 156 cm³/mol. The summed E-state index contributed by atoms with van der Waals surface area (Å²) in [5.41, 5.74) is 6.08. The van der Waals surface area contributed by atoms with E-state index in [0.29, 0.717) is 21.9 Å². The van der Waals surface area contributed by atoms with Gasteiger partial charge in [0.2, 0.25) is 5.91 Å². The number of hydrogen-bond acceptors (Lipinski definition) is 4. The van der Waals surface area contributed by atoms with Crippen molar-refractivity contribution < 1.29 is 9.53 Å². The Morgan fingerprint density at radius 3 is 2.66 bits per heavy atom. The number of hydrogen-bond donors (Lipinski definition) is 2. The third kappa shape index (κ3) is 5.17. The molecule has 0 unspecified atom stereocenters. The maximum Gasteiger partial charge on any atom is 0.250 e. The minimum atomic E-state index is -0.260. The van der Waals surface area contributed by atoms with E-state index in [1.165, 1.54) is 56.2 Å². The van der Waals surface area contributed by atoms with Crippen LogP contribution in [0.25, 0.3) is 0 Å². The Balaban J connectivity index is 1.56. The predicted octanol–water partition coefficient (Wildman–Crippen LogP) is 6.42. The summed E-state index contributed by atoms with van der Waals surface area (Å²) >= 11 is 12.6. The van der Waals surface area contributed by atoms with Crippen LogP contribution in [0.2, 0.25) is 5.02 Å². The normalized spacial score (nSPS) is 20.0. The number of nitrogens with zero attached hydrogens (tertiary/aromatic N) is 3. The number of aromatic nitrogens is 2. The molecule has 3 aromatic rings. The molecule has 2 aliphatic rings. The zero-order valence-corrected chi connectivity index (χ0v) is 23.6. The van der Waals surface area contributed by atoms with E-state index < -0.39 is 0 Å². The fourth-order valence-corrected chi connectivity index (χ4v) is 6.59. The highest BCUT2D eigenvalue weighted by Crippen LogP contribution is 2.45. The first kappa shape index (κ1) is 26.7. The summed E-state index contributed by atoms with van der Waals surface area (Å²) in [6, 6.07) is 14.2. The number of amides is 1. The standard InChI is InChI=1S/C29H34ClN5O2S/c1-18-15-22(19(2)34(18)20-9-5-4-6-10-20)28-27(25-11-7-8-14-31-25)33-29(38)35(28)21-12-13-24(23(30)16-21)32-26(36)17-37-3/h7-8,11-16,20,27-28H,4-6,9-10,17H2,1-3H3,(H,32,36)(H,33,38)/t27-,28-/m0/s1. The second-order valence-electron chi connectivity index (χ2n) is 10.1. The van der Waals surface area contributed by atoms with Crippen LogP contribution >= 0.6 is 23.8 Å². The first-order chi connectivity index (χ1) is 18.4. The van der Waals surface area contributed by atoms with Gasteiger partial charge < -0.3 is 24.8 Å². The smallest absolute Gasteiger partial charge is 0.250 e. The van der Waals surface area contributed by atoms with Gasteiger partial charge in [0.05, 0.1) is 28.5 Å². The Morgan fingerprint density at radius 1 is 1.18 bits per heavy atom. The maximum absolute atomic E-state index is 12.1. The second kappa shape index (κ2) is 11.4. The zero-order chi connectivity index (χ0) is 26.8. The molecule has 0 bridgehead atoms. The summed E-state index contributed by atoms with van der Waals surface area (Å²) in [4.78, 5) is 18.9. The molecule has 7 nitrogen and oxygen atoms in total. The van der Waals surface area contributed by atoms with E-state index in [2.05, 4.69) is 45.0 Å². The molecule has 1 saturated heterocycles. The van der Waals surface area contributed by atoms with Gasteiger partial charge in [-0.05, 0) is 80.9 Å². The molecule has 9 heteroatoms. The highest BCUT2D eigenvalue weighted by atomic mass is 35.5. The summed E-state index contributed by atoms with van der Waals surface area (Å²) in [7, 11) is 1.48. The minimum Gasteiger partial charge on any atom is -0.375 e. The van der Waals surface area contributed by atoms with E-state index in [1.807, 2.05) is 42.6 Å². The van der Waals surface area contributed by atoms with Gasteiger partial charge >= 0.3 is 0 Å². The molecule has 2 atom stereocenters. The number of carbonyl (C=O) groups excluding carboxylic acids is 1. The fourth-order valence-electron chi connectivity index (χ4n) is 6.02. The number of carbonyl (C=O) groups is 1. The van der Waals surface area contributed by atoms with Gasteiger partial charge in [0.25, 0.3) is 0 Å². The molecule has 1 amide bonds. The number of ether oxygens (including phenoxy) is 1. The Bertz CT molecular complexity index is 1320. The minimum absolute atomic E-state index is 0.0390. The number of aryl methyl sites for hydroxylation is 1. The molecular formula is C29H34ClN5O2S. The van der Waals surface area contributed by atoms with Crippen LogP contribution in [0.4, 0.5) is 11.4 Å². The number of pyridine rings is 1. The molecule has 5 rings (SSSR count). The Labute approximate surface area is 234 Å². The van der Waals surface area contributed by atoms with Crippen LogP contribution in [0.1, 0.15) is 72.9 Å². The largest absolute Gasteiger partial charge is 0.375 e. The fraction of sp³-hybridized carbons (Fsp3) is 0.414. The van der Waals surface area contributed by atoms with Crippen molar-refractivity contribution in [2.24, 2.45) is 0 Å². The van der Waals surface area contributed by atoms with E-state index in [1.54, 1.807) is 0 Å². The lowest BCUT2D eigenvalue weighted by atomic mass is 9.94. The summed E-state index contributed by atoms with van der Waals surface area (Å²) in [6.07, 6.45) is 8.13. The number of anilines is 2. The average molecular weight is 552 g/mol.